The molecule has 0 saturated carbocycles. The Morgan fingerprint density at radius 3 is 2.45 bits per heavy atom. The van der Waals surface area contributed by atoms with Crippen LogP contribution in [0.15, 0.2) is 42.6 Å². The van der Waals surface area contributed by atoms with Crippen LogP contribution in [-0.2, 0) is 4.57 Å². The zero-order valence-electron chi connectivity index (χ0n) is 18.3. The van der Waals surface area contributed by atoms with Crippen LogP contribution in [-0.4, -0.2) is 40.9 Å². The second-order valence-electron chi connectivity index (χ2n) is 7.48. The molecule has 0 aliphatic rings. The van der Waals surface area contributed by atoms with Crippen LogP contribution < -0.4 is 25.0 Å². The molecular formula is C21H23ClN3O6PS. The Morgan fingerprint density at radius 1 is 1.18 bits per heavy atom. The summed E-state index contributed by atoms with van der Waals surface area (Å²) in [6, 6.07) is 8.89. The molecule has 2 aromatic carbocycles. The van der Waals surface area contributed by atoms with Gasteiger partial charge in [-0.1, -0.05) is 22.9 Å². The minimum Gasteiger partial charge on any atom is -0.491 e. The van der Waals surface area contributed by atoms with E-state index in [4.69, 9.17) is 21.1 Å². The summed E-state index contributed by atoms with van der Waals surface area (Å²) in [5, 5.41) is 2.91. The van der Waals surface area contributed by atoms with Crippen molar-refractivity contribution in [2.75, 3.05) is 24.3 Å². The Bertz CT molecular complexity index is 1210. The van der Waals surface area contributed by atoms with Crippen LogP contribution in [0.3, 0.4) is 0 Å². The number of nitrogens with one attached hydrogen (secondary N) is 1. The maximum Gasteiger partial charge on any atom is 0.356 e. The van der Waals surface area contributed by atoms with Crippen molar-refractivity contribution in [3.05, 3.63) is 52.5 Å². The molecule has 1 amide bonds. The quantitative estimate of drug-likeness (QED) is 0.378. The minimum atomic E-state index is -4.43. The fourth-order valence-electron chi connectivity index (χ4n) is 2.83. The molecule has 0 radical (unpaired) electrons. The number of carbonyl (C=O) groups is 1. The van der Waals surface area contributed by atoms with Crippen LogP contribution in [0.25, 0.3) is 0 Å². The number of thiazole rings is 1. The smallest absolute Gasteiger partial charge is 0.356 e. The average Bonchev–Trinajstić information content (AvgIpc) is 3.11. The van der Waals surface area contributed by atoms with Gasteiger partial charge in [0.25, 0.3) is 5.91 Å². The summed E-state index contributed by atoms with van der Waals surface area (Å²) in [7, 11) is -0.985. The summed E-state index contributed by atoms with van der Waals surface area (Å²) >= 11 is 7.01. The van der Waals surface area contributed by atoms with Crippen LogP contribution >= 0.6 is 30.5 Å². The van der Waals surface area contributed by atoms with Crippen molar-refractivity contribution in [2.45, 2.75) is 20.0 Å². The van der Waals surface area contributed by atoms with Crippen molar-refractivity contribution in [1.82, 2.24) is 4.98 Å². The molecule has 0 unspecified atom stereocenters. The number of halogens is 1. The lowest BCUT2D eigenvalue weighted by Gasteiger charge is -2.20. The van der Waals surface area contributed by atoms with Crippen molar-refractivity contribution >= 4 is 52.6 Å². The van der Waals surface area contributed by atoms with Gasteiger partial charge < -0.3 is 24.2 Å². The Labute approximate surface area is 200 Å². The number of aromatic nitrogens is 1. The van der Waals surface area contributed by atoms with E-state index in [1.165, 1.54) is 30.5 Å². The van der Waals surface area contributed by atoms with E-state index in [9.17, 15) is 19.1 Å². The first-order chi connectivity index (χ1) is 15.4. The fourth-order valence-corrected chi connectivity index (χ4v) is 4.20. The molecule has 1 heterocycles. The molecule has 3 aromatic rings. The van der Waals surface area contributed by atoms with Gasteiger partial charge in [-0.2, -0.15) is 0 Å². The van der Waals surface area contributed by atoms with E-state index in [2.05, 4.69) is 10.3 Å². The highest BCUT2D eigenvalue weighted by Gasteiger charge is 2.21. The van der Waals surface area contributed by atoms with Crippen LogP contribution in [0.1, 0.15) is 24.2 Å². The molecule has 3 N–H and O–H groups in total. The second kappa shape index (κ2) is 10.1. The molecule has 0 aliphatic carbocycles. The van der Waals surface area contributed by atoms with E-state index in [0.717, 1.165) is 11.3 Å². The van der Waals surface area contributed by atoms with Gasteiger partial charge in [-0.25, -0.2) is 4.98 Å². The molecule has 33 heavy (non-hydrogen) atoms. The molecule has 12 heteroatoms. The van der Waals surface area contributed by atoms with E-state index in [0.29, 0.717) is 32.4 Å². The maximum atomic E-state index is 12.8. The summed E-state index contributed by atoms with van der Waals surface area (Å²) < 4.78 is 23.9. The first-order valence-electron chi connectivity index (χ1n) is 9.72. The Hall–Kier alpha value is -2.62. The third kappa shape index (κ3) is 6.69. The molecule has 176 valence electrons. The Kier molecular flexibility index (Phi) is 7.66. The number of ether oxygens (including phenoxy) is 2. The number of hydrogen-bond acceptors (Lipinski definition) is 7. The molecule has 9 nitrogen and oxygen atoms in total. The summed E-state index contributed by atoms with van der Waals surface area (Å²) in [5.41, 5.74) is 0.724. The summed E-state index contributed by atoms with van der Waals surface area (Å²) in [4.78, 5) is 37.5. The first-order valence-corrected chi connectivity index (χ1v) is 12.5. The van der Waals surface area contributed by atoms with Gasteiger partial charge in [0, 0.05) is 25.7 Å². The Morgan fingerprint density at radius 2 is 1.88 bits per heavy atom. The molecule has 0 bridgehead atoms. The third-order valence-corrected chi connectivity index (χ3v) is 6.18. The molecular weight excluding hydrogens is 489 g/mol. The third-order valence-electron chi connectivity index (χ3n) is 4.20. The summed E-state index contributed by atoms with van der Waals surface area (Å²) in [5.74, 6) is 0.646. The fraction of sp³-hybridized carbons (Fsp3) is 0.238. The van der Waals surface area contributed by atoms with Gasteiger partial charge in [0.15, 0.2) is 10.9 Å². The highest BCUT2D eigenvalue weighted by atomic mass is 35.5. The molecule has 0 saturated heterocycles. The number of hydrogen-bond donors (Lipinski definition) is 3. The number of carbonyl (C=O) groups excluding carboxylic acids is 1. The zero-order valence-corrected chi connectivity index (χ0v) is 20.7. The topological polar surface area (TPSA) is 121 Å². The van der Waals surface area contributed by atoms with Crippen LogP contribution in [0.2, 0.25) is 4.34 Å². The molecule has 0 aliphatic heterocycles. The molecule has 0 atom stereocenters. The zero-order chi connectivity index (χ0) is 24.3. The predicted octanol–water partition coefficient (Wildman–Crippen LogP) is 4.50. The van der Waals surface area contributed by atoms with Gasteiger partial charge in [0.1, 0.15) is 15.8 Å². The van der Waals surface area contributed by atoms with Crippen molar-refractivity contribution in [2.24, 2.45) is 0 Å². The van der Waals surface area contributed by atoms with Gasteiger partial charge in [0.05, 0.1) is 23.3 Å². The highest BCUT2D eigenvalue weighted by Crippen LogP contribution is 2.39. The molecule has 1 aromatic heterocycles. The van der Waals surface area contributed by atoms with Crippen molar-refractivity contribution in [3.8, 4) is 17.2 Å². The molecule has 0 fully saturated rings. The van der Waals surface area contributed by atoms with Crippen LogP contribution in [0.5, 0.6) is 17.2 Å². The van der Waals surface area contributed by atoms with Crippen LogP contribution in [0, 0.1) is 0 Å². The number of anilines is 2. The van der Waals surface area contributed by atoms with E-state index in [1.54, 1.807) is 31.1 Å². The molecule has 3 rings (SSSR count). The Balaban J connectivity index is 1.97. The highest BCUT2D eigenvalue weighted by molar-refractivity contribution is 7.60. The number of nitrogens with zero attached hydrogens (tertiary/aromatic N) is 2. The van der Waals surface area contributed by atoms with E-state index >= 15 is 0 Å². The van der Waals surface area contributed by atoms with Gasteiger partial charge in [-0.05, 0) is 44.2 Å². The number of rotatable bonds is 8. The molecule has 0 spiro atoms. The van der Waals surface area contributed by atoms with Gasteiger partial charge in [-0.3, -0.25) is 14.7 Å². The van der Waals surface area contributed by atoms with Gasteiger partial charge >= 0.3 is 7.60 Å². The summed E-state index contributed by atoms with van der Waals surface area (Å²) in [6.45, 7) is 3.71. The van der Waals surface area contributed by atoms with E-state index in [1.807, 2.05) is 13.8 Å². The lowest BCUT2D eigenvalue weighted by Crippen LogP contribution is -2.14. The van der Waals surface area contributed by atoms with E-state index in [-0.39, 0.29) is 17.0 Å². The largest absolute Gasteiger partial charge is 0.491 e. The maximum absolute atomic E-state index is 12.8. The monoisotopic (exact) mass is 511 g/mol. The van der Waals surface area contributed by atoms with Crippen LogP contribution in [0.4, 0.5) is 10.8 Å². The summed E-state index contributed by atoms with van der Waals surface area (Å²) in [6.07, 6.45) is 1.30. The number of benzene rings is 2. The van der Waals surface area contributed by atoms with Crippen molar-refractivity contribution in [3.63, 3.8) is 0 Å². The van der Waals surface area contributed by atoms with Gasteiger partial charge in [-0.15, -0.1) is 0 Å². The average molecular weight is 512 g/mol. The number of amides is 1. The normalized spacial score (nSPS) is 11.4. The SMILES string of the molecule is CC(C)Oc1cc(Oc2ccc(P(=O)(O)O)cc2N(C)C)cc(C(=O)Nc2ncc(Cl)s2)c1. The minimum absolute atomic E-state index is 0.127. The lowest BCUT2D eigenvalue weighted by atomic mass is 10.2. The van der Waals surface area contributed by atoms with E-state index < -0.39 is 13.5 Å². The van der Waals surface area contributed by atoms with Crippen molar-refractivity contribution < 1.29 is 28.6 Å². The van der Waals surface area contributed by atoms with Crippen molar-refractivity contribution in [1.29, 1.82) is 0 Å². The second-order valence-corrected chi connectivity index (χ2v) is 10.7. The lowest BCUT2D eigenvalue weighted by molar-refractivity contribution is 0.102. The van der Waals surface area contributed by atoms with Gasteiger partial charge in [0.2, 0.25) is 0 Å². The standard InChI is InChI=1S/C21H23ClN3O6PS/c1-12(2)30-14-7-13(20(26)24-21-23-11-19(22)33-21)8-15(9-14)31-18-6-5-16(32(27,28)29)10-17(18)25(3)4/h5-12H,1-4H3,(H,23,24,26)(H2,27,28,29). The first kappa shape index (κ1) is 25.0. The predicted molar refractivity (Wildman–Crippen MR) is 130 cm³/mol.